The van der Waals surface area contributed by atoms with Crippen LogP contribution in [0.4, 0.5) is 4.39 Å². The van der Waals surface area contributed by atoms with Crippen molar-refractivity contribution >= 4 is 5.91 Å². The summed E-state index contributed by atoms with van der Waals surface area (Å²) in [7, 11) is 0. The van der Waals surface area contributed by atoms with Gasteiger partial charge in [-0.05, 0) is 43.9 Å². The van der Waals surface area contributed by atoms with Gasteiger partial charge in [-0.25, -0.2) is 4.39 Å². The van der Waals surface area contributed by atoms with Crippen molar-refractivity contribution in [2.45, 2.75) is 45.2 Å². The molecule has 19 heavy (non-hydrogen) atoms. The number of benzene rings is 1. The Labute approximate surface area is 113 Å². The third-order valence-corrected chi connectivity index (χ3v) is 3.87. The number of likely N-dealkylation sites (tertiary alicyclic amines) is 1. The normalized spacial score (nSPS) is 24.4. The Morgan fingerprint density at radius 1 is 1.47 bits per heavy atom. The van der Waals surface area contributed by atoms with Crippen LogP contribution in [0.3, 0.4) is 0 Å². The second-order valence-corrected chi connectivity index (χ2v) is 5.19. The van der Waals surface area contributed by atoms with Crippen LogP contribution in [0.25, 0.3) is 0 Å². The topological polar surface area (TPSA) is 46.3 Å². The highest BCUT2D eigenvalue weighted by Crippen LogP contribution is 2.30. The molecule has 1 amide bonds. The Morgan fingerprint density at radius 3 is 2.84 bits per heavy atom. The number of carbonyl (C=O) groups is 1. The second kappa shape index (κ2) is 5.70. The molecule has 1 aliphatic rings. The van der Waals surface area contributed by atoms with Gasteiger partial charge in [0.05, 0.1) is 6.04 Å². The zero-order valence-electron chi connectivity index (χ0n) is 11.5. The highest BCUT2D eigenvalue weighted by atomic mass is 19.1. The second-order valence-electron chi connectivity index (χ2n) is 5.19. The number of carbonyl (C=O) groups excluding carboxylic acids is 1. The minimum absolute atomic E-state index is 0.112. The molecule has 2 unspecified atom stereocenters. The van der Waals surface area contributed by atoms with Crippen molar-refractivity contribution in [3.63, 3.8) is 0 Å². The van der Waals surface area contributed by atoms with Gasteiger partial charge in [0.1, 0.15) is 5.82 Å². The van der Waals surface area contributed by atoms with E-state index in [0.29, 0.717) is 18.5 Å². The zero-order valence-corrected chi connectivity index (χ0v) is 11.5. The van der Waals surface area contributed by atoms with E-state index in [1.54, 1.807) is 17.9 Å². The van der Waals surface area contributed by atoms with Crippen LogP contribution in [-0.2, 0) is 4.79 Å². The van der Waals surface area contributed by atoms with Gasteiger partial charge in [0, 0.05) is 19.0 Å². The Balaban J connectivity index is 2.41. The quantitative estimate of drug-likeness (QED) is 0.892. The van der Waals surface area contributed by atoms with Gasteiger partial charge in [0.15, 0.2) is 0 Å². The highest BCUT2D eigenvalue weighted by molar-refractivity contribution is 5.77. The van der Waals surface area contributed by atoms with E-state index in [2.05, 4.69) is 0 Å². The molecular formula is C15H21FN2O. The summed E-state index contributed by atoms with van der Waals surface area (Å²) in [6, 6.07) is 4.80. The van der Waals surface area contributed by atoms with E-state index in [4.69, 9.17) is 5.73 Å². The molecule has 2 rings (SSSR count). The number of hydrogen-bond donors (Lipinski definition) is 1. The molecule has 1 heterocycles. The minimum Gasteiger partial charge on any atom is -0.334 e. The zero-order chi connectivity index (χ0) is 14.0. The van der Waals surface area contributed by atoms with Crippen LogP contribution >= 0.6 is 0 Å². The standard InChI is InChI=1S/C15H21FN2O/c1-3-18-14(19)6-4-5-13(17)15(18)11-8-7-10(2)12(16)9-11/h7-9,13,15H,3-6,17H2,1-2H3. The lowest BCUT2D eigenvalue weighted by molar-refractivity contribution is -0.133. The van der Waals surface area contributed by atoms with Crippen molar-refractivity contribution in [1.82, 2.24) is 4.90 Å². The number of halogens is 1. The van der Waals surface area contributed by atoms with Crippen molar-refractivity contribution < 1.29 is 9.18 Å². The fourth-order valence-electron chi connectivity index (χ4n) is 2.77. The smallest absolute Gasteiger partial charge is 0.223 e. The van der Waals surface area contributed by atoms with Gasteiger partial charge < -0.3 is 10.6 Å². The summed E-state index contributed by atoms with van der Waals surface area (Å²) in [6.45, 7) is 4.27. The summed E-state index contributed by atoms with van der Waals surface area (Å²) in [5.41, 5.74) is 7.62. The first kappa shape index (κ1) is 14.0. The Hall–Kier alpha value is -1.42. The number of hydrogen-bond acceptors (Lipinski definition) is 2. The molecule has 1 saturated heterocycles. The summed E-state index contributed by atoms with van der Waals surface area (Å²) in [4.78, 5) is 13.9. The monoisotopic (exact) mass is 264 g/mol. The third-order valence-electron chi connectivity index (χ3n) is 3.87. The fraction of sp³-hybridized carbons (Fsp3) is 0.533. The Kier molecular flexibility index (Phi) is 4.20. The molecule has 2 atom stereocenters. The molecule has 0 bridgehead atoms. The van der Waals surface area contributed by atoms with Gasteiger partial charge >= 0.3 is 0 Å². The highest BCUT2D eigenvalue weighted by Gasteiger charge is 2.32. The van der Waals surface area contributed by atoms with E-state index in [-0.39, 0.29) is 23.8 Å². The van der Waals surface area contributed by atoms with Crippen LogP contribution in [0.1, 0.15) is 43.4 Å². The summed E-state index contributed by atoms with van der Waals surface area (Å²) in [5.74, 6) is -0.126. The predicted molar refractivity (Wildman–Crippen MR) is 73.1 cm³/mol. The number of nitrogens with two attached hydrogens (primary N) is 1. The molecule has 1 aromatic rings. The van der Waals surface area contributed by atoms with E-state index in [0.717, 1.165) is 18.4 Å². The Bertz CT molecular complexity index is 475. The largest absolute Gasteiger partial charge is 0.334 e. The van der Waals surface area contributed by atoms with Crippen LogP contribution in [-0.4, -0.2) is 23.4 Å². The molecule has 1 aromatic carbocycles. The van der Waals surface area contributed by atoms with Gasteiger partial charge in [0.25, 0.3) is 0 Å². The first-order chi connectivity index (χ1) is 9.04. The average molecular weight is 264 g/mol. The van der Waals surface area contributed by atoms with Crippen LogP contribution < -0.4 is 5.73 Å². The molecule has 104 valence electrons. The van der Waals surface area contributed by atoms with Gasteiger partial charge in [-0.15, -0.1) is 0 Å². The molecular weight excluding hydrogens is 243 g/mol. The molecule has 3 nitrogen and oxygen atoms in total. The average Bonchev–Trinajstić information content (AvgIpc) is 2.52. The van der Waals surface area contributed by atoms with Gasteiger partial charge in [0.2, 0.25) is 5.91 Å². The fourth-order valence-corrected chi connectivity index (χ4v) is 2.77. The molecule has 0 saturated carbocycles. The third kappa shape index (κ3) is 2.78. The van der Waals surface area contributed by atoms with Crippen LogP contribution in [0.5, 0.6) is 0 Å². The molecule has 0 aliphatic carbocycles. The van der Waals surface area contributed by atoms with Gasteiger partial charge in [-0.1, -0.05) is 12.1 Å². The maximum Gasteiger partial charge on any atom is 0.223 e. The van der Waals surface area contributed by atoms with Crippen molar-refractivity contribution in [2.75, 3.05) is 6.54 Å². The van der Waals surface area contributed by atoms with E-state index in [1.807, 2.05) is 13.0 Å². The number of amides is 1. The molecule has 4 heteroatoms. The van der Waals surface area contributed by atoms with E-state index in [9.17, 15) is 9.18 Å². The number of likely N-dealkylation sites (N-methyl/N-ethyl adjacent to an activating group) is 1. The molecule has 0 spiro atoms. The summed E-state index contributed by atoms with van der Waals surface area (Å²) >= 11 is 0. The van der Waals surface area contributed by atoms with Crippen molar-refractivity contribution in [1.29, 1.82) is 0 Å². The van der Waals surface area contributed by atoms with Crippen LogP contribution in [0.15, 0.2) is 18.2 Å². The molecule has 1 aliphatic heterocycles. The molecule has 0 radical (unpaired) electrons. The Morgan fingerprint density at radius 2 is 2.21 bits per heavy atom. The van der Waals surface area contributed by atoms with Gasteiger partial charge in [-0.3, -0.25) is 4.79 Å². The number of aryl methyl sites for hydroxylation is 1. The van der Waals surface area contributed by atoms with E-state index < -0.39 is 0 Å². The lowest BCUT2D eigenvalue weighted by atomic mass is 9.95. The van der Waals surface area contributed by atoms with E-state index in [1.165, 1.54) is 6.07 Å². The molecule has 2 N–H and O–H groups in total. The predicted octanol–water partition coefficient (Wildman–Crippen LogP) is 2.53. The summed E-state index contributed by atoms with van der Waals surface area (Å²) in [5, 5.41) is 0. The van der Waals surface area contributed by atoms with Gasteiger partial charge in [-0.2, -0.15) is 0 Å². The van der Waals surface area contributed by atoms with E-state index >= 15 is 0 Å². The molecule has 0 aromatic heterocycles. The van der Waals surface area contributed by atoms with Crippen LogP contribution in [0.2, 0.25) is 0 Å². The van der Waals surface area contributed by atoms with Crippen molar-refractivity contribution in [3.8, 4) is 0 Å². The lowest BCUT2D eigenvalue weighted by Gasteiger charge is -2.33. The number of rotatable bonds is 2. The maximum absolute atomic E-state index is 13.7. The minimum atomic E-state index is -0.238. The number of nitrogens with zero attached hydrogens (tertiary/aromatic N) is 1. The SMILES string of the molecule is CCN1C(=O)CCCC(N)C1c1ccc(C)c(F)c1. The summed E-state index contributed by atoms with van der Waals surface area (Å²) in [6.07, 6.45) is 2.14. The van der Waals surface area contributed by atoms with Crippen molar-refractivity contribution in [3.05, 3.63) is 35.1 Å². The maximum atomic E-state index is 13.7. The summed E-state index contributed by atoms with van der Waals surface area (Å²) < 4.78 is 13.7. The molecule has 1 fully saturated rings. The van der Waals surface area contributed by atoms with Crippen LogP contribution in [0, 0.1) is 12.7 Å². The first-order valence-corrected chi connectivity index (χ1v) is 6.85. The first-order valence-electron chi connectivity index (χ1n) is 6.85. The van der Waals surface area contributed by atoms with Crippen molar-refractivity contribution in [2.24, 2.45) is 5.73 Å². The lowest BCUT2D eigenvalue weighted by Crippen LogP contribution is -2.42.